The van der Waals surface area contributed by atoms with Crippen molar-refractivity contribution in [1.82, 2.24) is 9.97 Å². The van der Waals surface area contributed by atoms with Crippen molar-refractivity contribution in [3.05, 3.63) is 126 Å². The van der Waals surface area contributed by atoms with Gasteiger partial charge in [-0.05, 0) is 74.5 Å². The van der Waals surface area contributed by atoms with E-state index in [0.29, 0.717) is 34.5 Å². The van der Waals surface area contributed by atoms with Crippen LogP contribution < -0.4 is 20.7 Å². The van der Waals surface area contributed by atoms with E-state index >= 15 is 0 Å². The molecule has 0 spiro atoms. The quantitative estimate of drug-likeness (QED) is 0.203. The highest BCUT2D eigenvalue weighted by Gasteiger charge is 2.13. The van der Waals surface area contributed by atoms with Gasteiger partial charge in [0.25, 0.3) is 5.91 Å². The lowest BCUT2D eigenvalue weighted by Gasteiger charge is -2.12. The molecule has 1 amide bonds. The number of aromatic nitrogens is 2. The number of amides is 1. The predicted octanol–water partition coefficient (Wildman–Crippen LogP) is 7.63. The molecular formula is C31H27N5O2. The summed E-state index contributed by atoms with van der Waals surface area (Å²) in [5, 5.41) is 9.49. The van der Waals surface area contributed by atoms with Gasteiger partial charge in [0.2, 0.25) is 5.95 Å². The molecule has 0 fully saturated rings. The molecule has 5 rings (SSSR count). The Morgan fingerprint density at radius 3 is 2.08 bits per heavy atom. The highest BCUT2D eigenvalue weighted by atomic mass is 16.5. The van der Waals surface area contributed by atoms with E-state index in [2.05, 4.69) is 25.9 Å². The van der Waals surface area contributed by atoms with Crippen LogP contribution in [0.3, 0.4) is 0 Å². The van der Waals surface area contributed by atoms with Gasteiger partial charge in [0.15, 0.2) is 0 Å². The molecule has 0 aliphatic rings. The molecule has 0 saturated heterocycles. The minimum Gasteiger partial charge on any atom is -0.457 e. The molecule has 0 aliphatic carbocycles. The molecule has 5 aromatic rings. The number of hydrogen-bond donors (Lipinski definition) is 3. The number of benzene rings is 4. The maximum absolute atomic E-state index is 13.0. The van der Waals surface area contributed by atoms with Gasteiger partial charge in [0.1, 0.15) is 17.3 Å². The summed E-state index contributed by atoms with van der Waals surface area (Å²) in [6.07, 6.45) is 0. The van der Waals surface area contributed by atoms with E-state index in [1.54, 1.807) is 12.1 Å². The van der Waals surface area contributed by atoms with Crippen molar-refractivity contribution in [2.24, 2.45) is 0 Å². The molecular weight excluding hydrogens is 474 g/mol. The van der Waals surface area contributed by atoms with E-state index in [1.165, 1.54) is 5.56 Å². The lowest BCUT2D eigenvalue weighted by Crippen LogP contribution is -2.13. The average molecular weight is 502 g/mol. The molecule has 4 aromatic carbocycles. The Bertz CT molecular complexity index is 1540. The van der Waals surface area contributed by atoms with Crippen LogP contribution in [-0.2, 0) is 0 Å². The van der Waals surface area contributed by atoms with Crippen LogP contribution >= 0.6 is 0 Å². The topological polar surface area (TPSA) is 88.2 Å². The zero-order valence-electron chi connectivity index (χ0n) is 21.1. The molecule has 0 radical (unpaired) electrons. The first-order valence-corrected chi connectivity index (χ1v) is 12.2. The SMILES string of the molecule is Cc1ccc(Nc2nc(C)cc(Nc3ccc(NC(=O)c4ccccc4Oc4ccccc4)cc3)n2)cc1. The van der Waals surface area contributed by atoms with Gasteiger partial charge in [-0.3, -0.25) is 4.79 Å². The van der Waals surface area contributed by atoms with Crippen molar-refractivity contribution in [2.75, 3.05) is 16.0 Å². The number of nitrogens with one attached hydrogen (secondary N) is 3. The van der Waals surface area contributed by atoms with Gasteiger partial charge in [-0.15, -0.1) is 0 Å². The second kappa shape index (κ2) is 11.3. The van der Waals surface area contributed by atoms with Crippen LogP contribution in [0.15, 0.2) is 109 Å². The molecule has 0 aliphatic heterocycles. The smallest absolute Gasteiger partial charge is 0.259 e. The number of hydrogen-bond acceptors (Lipinski definition) is 6. The van der Waals surface area contributed by atoms with Crippen LogP contribution in [0.1, 0.15) is 21.6 Å². The second-order valence-corrected chi connectivity index (χ2v) is 8.78. The van der Waals surface area contributed by atoms with Crippen molar-refractivity contribution < 1.29 is 9.53 Å². The number of para-hydroxylation sites is 2. The number of aryl methyl sites for hydroxylation is 2. The van der Waals surface area contributed by atoms with Crippen LogP contribution in [0.25, 0.3) is 0 Å². The van der Waals surface area contributed by atoms with Gasteiger partial charge in [-0.25, -0.2) is 4.98 Å². The minimum atomic E-state index is -0.254. The van der Waals surface area contributed by atoms with Gasteiger partial charge >= 0.3 is 0 Å². The van der Waals surface area contributed by atoms with Crippen molar-refractivity contribution in [3.63, 3.8) is 0 Å². The number of nitrogens with zero attached hydrogens (tertiary/aromatic N) is 2. The molecule has 188 valence electrons. The maximum atomic E-state index is 13.0. The summed E-state index contributed by atoms with van der Waals surface area (Å²) in [6.45, 7) is 3.97. The summed E-state index contributed by atoms with van der Waals surface area (Å²) < 4.78 is 5.93. The Morgan fingerprint density at radius 1 is 0.684 bits per heavy atom. The Labute approximate surface area is 221 Å². The monoisotopic (exact) mass is 501 g/mol. The van der Waals surface area contributed by atoms with E-state index in [1.807, 2.05) is 111 Å². The summed E-state index contributed by atoms with van der Waals surface area (Å²) in [6, 6.07) is 33.9. The van der Waals surface area contributed by atoms with Crippen molar-refractivity contribution >= 4 is 34.7 Å². The van der Waals surface area contributed by atoms with Gasteiger partial charge in [-0.1, -0.05) is 48.0 Å². The molecule has 7 nitrogen and oxygen atoms in total. The Kier molecular flexibility index (Phi) is 7.27. The third-order valence-corrected chi connectivity index (χ3v) is 5.68. The summed E-state index contributed by atoms with van der Waals surface area (Å²) >= 11 is 0. The third kappa shape index (κ3) is 6.33. The Balaban J connectivity index is 1.25. The zero-order valence-corrected chi connectivity index (χ0v) is 21.1. The molecule has 0 bridgehead atoms. The van der Waals surface area contributed by atoms with Crippen LogP contribution in [0, 0.1) is 13.8 Å². The number of carbonyl (C=O) groups is 1. The van der Waals surface area contributed by atoms with E-state index in [-0.39, 0.29) is 5.91 Å². The first-order chi connectivity index (χ1) is 18.5. The normalized spacial score (nSPS) is 10.5. The van der Waals surface area contributed by atoms with Gasteiger partial charge in [0, 0.05) is 28.8 Å². The van der Waals surface area contributed by atoms with Crippen LogP contribution in [0.5, 0.6) is 11.5 Å². The number of rotatable bonds is 8. The van der Waals surface area contributed by atoms with E-state index in [0.717, 1.165) is 17.1 Å². The van der Waals surface area contributed by atoms with Crippen LogP contribution in [0.4, 0.5) is 28.8 Å². The highest BCUT2D eigenvalue weighted by Crippen LogP contribution is 2.26. The number of ether oxygens (including phenoxy) is 1. The predicted molar refractivity (Wildman–Crippen MR) is 152 cm³/mol. The second-order valence-electron chi connectivity index (χ2n) is 8.78. The summed E-state index contributed by atoms with van der Waals surface area (Å²) in [4.78, 5) is 22.1. The van der Waals surface area contributed by atoms with Crippen LogP contribution in [-0.4, -0.2) is 15.9 Å². The van der Waals surface area contributed by atoms with Gasteiger partial charge < -0.3 is 20.7 Å². The number of carbonyl (C=O) groups excluding carboxylic acids is 1. The maximum Gasteiger partial charge on any atom is 0.259 e. The standard InChI is InChI=1S/C31H27N5O2/c1-21-12-14-25(15-13-21)35-31-32-22(2)20-29(36-31)33-23-16-18-24(19-17-23)34-30(37)27-10-6-7-11-28(27)38-26-8-4-3-5-9-26/h3-20H,1-2H3,(H,34,37)(H2,32,33,35,36). The fraction of sp³-hybridized carbons (Fsp3) is 0.0645. The number of anilines is 5. The summed E-state index contributed by atoms with van der Waals surface area (Å²) in [7, 11) is 0. The molecule has 0 atom stereocenters. The molecule has 7 heteroatoms. The molecule has 0 saturated carbocycles. The van der Waals surface area contributed by atoms with Crippen molar-refractivity contribution in [3.8, 4) is 11.5 Å². The Hall–Kier alpha value is -5.17. The van der Waals surface area contributed by atoms with Crippen molar-refractivity contribution in [2.45, 2.75) is 13.8 Å². The molecule has 0 unspecified atom stereocenters. The highest BCUT2D eigenvalue weighted by molar-refractivity contribution is 6.06. The first kappa shape index (κ1) is 24.5. The minimum absolute atomic E-state index is 0.254. The van der Waals surface area contributed by atoms with E-state index < -0.39 is 0 Å². The molecule has 1 heterocycles. The zero-order chi connectivity index (χ0) is 26.3. The van der Waals surface area contributed by atoms with Crippen molar-refractivity contribution in [1.29, 1.82) is 0 Å². The average Bonchev–Trinajstić information content (AvgIpc) is 2.92. The largest absolute Gasteiger partial charge is 0.457 e. The molecule has 3 N–H and O–H groups in total. The first-order valence-electron chi connectivity index (χ1n) is 12.2. The lowest BCUT2D eigenvalue weighted by atomic mass is 10.1. The summed E-state index contributed by atoms with van der Waals surface area (Å²) in [5.41, 5.74) is 4.88. The summed E-state index contributed by atoms with van der Waals surface area (Å²) in [5.74, 6) is 2.08. The van der Waals surface area contributed by atoms with Gasteiger partial charge in [0.05, 0.1) is 5.56 Å². The lowest BCUT2D eigenvalue weighted by molar-refractivity contribution is 0.102. The molecule has 1 aromatic heterocycles. The van der Waals surface area contributed by atoms with E-state index in [9.17, 15) is 4.79 Å². The fourth-order valence-electron chi connectivity index (χ4n) is 3.80. The van der Waals surface area contributed by atoms with Gasteiger partial charge in [-0.2, -0.15) is 4.98 Å². The van der Waals surface area contributed by atoms with Crippen LogP contribution in [0.2, 0.25) is 0 Å². The Morgan fingerprint density at radius 2 is 1.32 bits per heavy atom. The van der Waals surface area contributed by atoms with E-state index in [4.69, 9.17) is 4.74 Å². The fourth-order valence-corrected chi connectivity index (χ4v) is 3.80. The third-order valence-electron chi connectivity index (χ3n) is 5.68. The molecule has 38 heavy (non-hydrogen) atoms.